The second-order valence-electron chi connectivity index (χ2n) is 6.53. The van der Waals surface area contributed by atoms with Gasteiger partial charge in [0, 0.05) is 30.1 Å². The maximum Gasteiger partial charge on any atom is 0.315 e. The third-order valence-electron chi connectivity index (χ3n) is 4.64. The molecule has 3 rings (SSSR count). The molecule has 0 bridgehead atoms. The van der Waals surface area contributed by atoms with Gasteiger partial charge in [-0.1, -0.05) is 37.5 Å². The normalized spacial score (nSPS) is 16.7. The van der Waals surface area contributed by atoms with Crippen molar-refractivity contribution in [3.8, 4) is 0 Å². The Bertz CT molecular complexity index is 778. The van der Waals surface area contributed by atoms with Gasteiger partial charge in [0.2, 0.25) is 5.56 Å². The van der Waals surface area contributed by atoms with Crippen LogP contribution in [0.5, 0.6) is 0 Å². The van der Waals surface area contributed by atoms with Crippen molar-refractivity contribution < 1.29 is 9.90 Å². The van der Waals surface area contributed by atoms with Crippen LogP contribution < -0.4 is 16.2 Å². The fourth-order valence-corrected chi connectivity index (χ4v) is 3.29. The van der Waals surface area contributed by atoms with Gasteiger partial charge in [0.05, 0.1) is 5.60 Å². The largest absolute Gasteiger partial charge is 0.388 e. The molecular formula is C18H23N3O3. The zero-order chi connectivity index (χ0) is 17.0. The summed E-state index contributed by atoms with van der Waals surface area (Å²) in [4.78, 5) is 26.5. The smallest absolute Gasteiger partial charge is 0.315 e. The molecule has 0 spiro atoms. The van der Waals surface area contributed by atoms with Gasteiger partial charge in [-0.3, -0.25) is 4.79 Å². The van der Waals surface area contributed by atoms with Gasteiger partial charge in [0.15, 0.2) is 0 Å². The fourth-order valence-electron chi connectivity index (χ4n) is 3.29. The van der Waals surface area contributed by atoms with Crippen LogP contribution in [0.2, 0.25) is 0 Å². The second-order valence-corrected chi connectivity index (χ2v) is 6.53. The van der Waals surface area contributed by atoms with E-state index in [1.165, 1.54) is 6.07 Å². The van der Waals surface area contributed by atoms with Crippen molar-refractivity contribution in [2.45, 2.75) is 44.2 Å². The molecule has 24 heavy (non-hydrogen) atoms. The summed E-state index contributed by atoms with van der Waals surface area (Å²) < 4.78 is 0. The number of H-pyrrole nitrogens is 1. The Kier molecular flexibility index (Phi) is 4.85. The first-order valence-corrected chi connectivity index (χ1v) is 8.41. The molecule has 6 heteroatoms. The van der Waals surface area contributed by atoms with Crippen LogP contribution in [0, 0.1) is 0 Å². The lowest BCUT2D eigenvalue weighted by Crippen LogP contribution is -2.47. The number of aromatic nitrogens is 1. The minimum atomic E-state index is -0.786. The van der Waals surface area contributed by atoms with Crippen molar-refractivity contribution in [2.24, 2.45) is 0 Å². The Morgan fingerprint density at radius 1 is 1.17 bits per heavy atom. The van der Waals surface area contributed by atoms with Crippen LogP contribution in [0.3, 0.4) is 0 Å². The van der Waals surface area contributed by atoms with Gasteiger partial charge >= 0.3 is 6.03 Å². The Morgan fingerprint density at radius 2 is 1.92 bits per heavy atom. The molecule has 0 saturated heterocycles. The number of nitrogens with one attached hydrogen (secondary N) is 3. The third kappa shape index (κ3) is 3.94. The lowest BCUT2D eigenvalue weighted by Gasteiger charge is -2.32. The monoisotopic (exact) mass is 329 g/mol. The van der Waals surface area contributed by atoms with E-state index in [0.717, 1.165) is 48.6 Å². The van der Waals surface area contributed by atoms with Crippen molar-refractivity contribution >= 4 is 16.9 Å². The zero-order valence-electron chi connectivity index (χ0n) is 13.6. The van der Waals surface area contributed by atoms with E-state index in [4.69, 9.17) is 0 Å². The Balaban J connectivity index is 1.59. The fraction of sp³-hybridized carbons (Fsp3) is 0.444. The molecule has 1 aromatic heterocycles. The zero-order valence-corrected chi connectivity index (χ0v) is 13.6. The number of hydrogen-bond donors (Lipinski definition) is 4. The van der Waals surface area contributed by atoms with Gasteiger partial charge in [-0.2, -0.15) is 0 Å². The minimum absolute atomic E-state index is 0.192. The predicted octanol–water partition coefficient (Wildman–Crippen LogP) is 2.02. The summed E-state index contributed by atoms with van der Waals surface area (Å²) in [6.45, 7) is 0.518. The van der Waals surface area contributed by atoms with Crippen molar-refractivity contribution in [1.82, 2.24) is 15.6 Å². The van der Waals surface area contributed by atoms with Crippen LogP contribution in [0.25, 0.3) is 10.9 Å². The molecule has 2 aromatic rings. The number of para-hydroxylation sites is 1. The summed E-state index contributed by atoms with van der Waals surface area (Å²) in [6.07, 6.45) is 4.60. The molecule has 0 radical (unpaired) electrons. The van der Waals surface area contributed by atoms with E-state index in [0.29, 0.717) is 0 Å². The highest BCUT2D eigenvalue weighted by atomic mass is 16.3. The highest BCUT2D eigenvalue weighted by Gasteiger charge is 2.29. The molecule has 4 N–H and O–H groups in total. The third-order valence-corrected chi connectivity index (χ3v) is 4.64. The molecule has 1 fully saturated rings. The number of fused-ring (bicyclic) bond motifs is 1. The number of urea groups is 1. The van der Waals surface area contributed by atoms with E-state index < -0.39 is 5.60 Å². The summed E-state index contributed by atoms with van der Waals surface area (Å²) in [5.74, 6) is 0. The summed E-state index contributed by atoms with van der Waals surface area (Å²) >= 11 is 0. The van der Waals surface area contributed by atoms with Crippen LogP contribution in [0.15, 0.2) is 35.1 Å². The van der Waals surface area contributed by atoms with Crippen LogP contribution in [0.1, 0.15) is 37.7 Å². The van der Waals surface area contributed by atoms with Gasteiger partial charge in [-0.05, 0) is 24.5 Å². The van der Waals surface area contributed by atoms with Gasteiger partial charge in [-0.25, -0.2) is 4.79 Å². The first-order chi connectivity index (χ1) is 11.6. The number of carbonyl (C=O) groups excluding carboxylic acids is 1. The van der Waals surface area contributed by atoms with Gasteiger partial charge < -0.3 is 20.7 Å². The summed E-state index contributed by atoms with van der Waals surface area (Å²) in [5.41, 5.74) is 0.536. The topological polar surface area (TPSA) is 94.2 Å². The van der Waals surface area contributed by atoms with Crippen LogP contribution >= 0.6 is 0 Å². The maximum absolute atomic E-state index is 12.0. The Morgan fingerprint density at radius 3 is 2.71 bits per heavy atom. The summed E-state index contributed by atoms with van der Waals surface area (Å²) in [6, 6.07) is 8.65. The molecular weight excluding hydrogens is 306 g/mol. The number of aliphatic hydroxyl groups is 1. The number of benzene rings is 1. The first-order valence-electron chi connectivity index (χ1n) is 8.41. The van der Waals surface area contributed by atoms with Crippen LogP contribution in [-0.4, -0.2) is 28.3 Å². The first kappa shape index (κ1) is 16.5. The molecule has 0 aliphatic heterocycles. The number of amides is 2. The molecule has 1 aromatic carbocycles. The average molecular weight is 329 g/mol. The molecule has 1 aliphatic rings. The lowest BCUT2D eigenvalue weighted by molar-refractivity contribution is 0.00719. The summed E-state index contributed by atoms with van der Waals surface area (Å²) in [7, 11) is 0. The Labute approximate surface area is 140 Å². The SMILES string of the molecule is O=C(NCc1cc(=O)[nH]c2ccccc12)NCC1(O)CCCCC1. The average Bonchev–Trinajstić information content (AvgIpc) is 2.58. The van der Waals surface area contributed by atoms with Gasteiger partial charge in [0.1, 0.15) is 0 Å². The van der Waals surface area contributed by atoms with Crippen LogP contribution in [0.4, 0.5) is 4.79 Å². The van der Waals surface area contributed by atoms with Crippen molar-refractivity contribution in [3.05, 3.63) is 46.2 Å². The Hall–Kier alpha value is -2.34. The number of pyridine rings is 1. The number of hydrogen-bond acceptors (Lipinski definition) is 3. The quantitative estimate of drug-likeness (QED) is 0.691. The van der Waals surface area contributed by atoms with E-state index in [9.17, 15) is 14.7 Å². The number of aromatic amines is 1. The van der Waals surface area contributed by atoms with E-state index in [2.05, 4.69) is 15.6 Å². The number of carbonyl (C=O) groups is 1. The molecule has 0 atom stereocenters. The molecule has 1 aliphatic carbocycles. The van der Waals surface area contributed by atoms with E-state index in [-0.39, 0.29) is 24.7 Å². The molecule has 2 amide bonds. The van der Waals surface area contributed by atoms with Crippen LogP contribution in [-0.2, 0) is 6.54 Å². The van der Waals surface area contributed by atoms with E-state index >= 15 is 0 Å². The predicted molar refractivity (Wildman–Crippen MR) is 92.8 cm³/mol. The number of rotatable bonds is 4. The lowest BCUT2D eigenvalue weighted by atomic mass is 9.85. The highest BCUT2D eigenvalue weighted by Crippen LogP contribution is 2.27. The van der Waals surface area contributed by atoms with Crippen molar-refractivity contribution in [3.63, 3.8) is 0 Å². The highest BCUT2D eigenvalue weighted by molar-refractivity contribution is 5.82. The molecule has 6 nitrogen and oxygen atoms in total. The van der Waals surface area contributed by atoms with Gasteiger partial charge in [0.25, 0.3) is 0 Å². The molecule has 1 saturated carbocycles. The minimum Gasteiger partial charge on any atom is -0.388 e. The van der Waals surface area contributed by atoms with E-state index in [1.54, 1.807) is 0 Å². The standard InChI is InChI=1S/C18H23N3O3/c22-16-10-13(14-6-2-3-7-15(14)21-16)11-19-17(23)20-12-18(24)8-4-1-5-9-18/h2-3,6-7,10,24H,1,4-5,8-9,11-12H2,(H,21,22)(H2,19,20,23). The summed E-state index contributed by atoms with van der Waals surface area (Å²) in [5, 5.41) is 16.8. The molecule has 1 heterocycles. The molecule has 0 unspecified atom stereocenters. The second kappa shape index (κ2) is 7.05. The van der Waals surface area contributed by atoms with Crippen molar-refractivity contribution in [2.75, 3.05) is 6.54 Å². The van der Waals surface area contributed by atoms with Crippen molar-refractivity contribution in [1.29, 1.82) is 0 Å². The maximum atomic E-state index is 12.0. The van der Waals surface area contributed by atoms with Gasteiger partial charge in [-0.15, -0.1) is 0 Å². The van der Waals surface area contributed by atoms with E-state index in [1.807, 2.05) is 24.3 Å². The molecule has 128 valence electrons.